The molecule has 7 nitrogen and oxygen atoms in total. The predicted octanol–water partition coefficient (Wildman–Crippen LogP) is 3.30. The second kappa shape index (κ2) is 6.63. The van der Waals surface area contributed by atoms with Gasteiger partial charge in [0.1, 0.15) is 12.4 Å². The molecule has 0 atom stereocenters. The average molecular weight is 378 g/mol. The average Bonchev–Trinajstić information content (AvgIpc) is 2.93. The Bertz CT molecular complexity index is 1070. The quantitative estimate of drug-likeness (QED) is 0.731. The molecule has 1 heterocycles. The number of nitrogens with zero attached hydrogens (tertiary/aromatic N) is 2. The zero-order valence-electron chi connectivity index (χ0n) is 13.0. The fraction of sp³-hybridized carbons (Fsp3) is 0.125. The lowest BCUT2D eigenvalue weighted by Gasteiger charge is -2.08. The van der Waals surface area contributed by atoms with Crippen LogP contribution < -0.4 is 9.46 Å². The van der Waals surface area contributed by atoms with E-state index in [-0.39, 0.29) is 12.4 Å². The molecule has 0 unspecified atom stereocenters. The standard InChI is InChI=1S/C16H12ClN3O4S/c1-25(21,22)20-16-14-6-10(8-18)11(7-15(14)24-19-16)9-23-13-4-2-12(17)3-5-13/h2-7H,9H2,1H3,(H,19,20). The third kappa shape index (κ3) is 4.02. The van der Waals surface area contributed by atoms with Gasteiger partial charge in [0.25, 0.3) is 0 Å². The van der Waals surface area contributed by atoms with Gasteiger partial charge >= 0.3 is 0 Å². The molecule has 3 aromatic rings. The van der Waals surface area contributed by atoms with Gasteiger partial charge in [-0.3, -0.25) is 4.72 Å². The Labute approximate surface area is 148 Å². The number of aromatic nitrogens is 1. The van der Waals surface area contributed by atoms with Crippen molar-refractivity contribution in [2.24, 2.45) is 0 Å². The third-order valence-electron chi connectivity index (χ3n) is 3.31. The van der Waals surface area contributed by atoms with Gasteiger partial charge in [0.2, 0.25) is 10.0 Å². The van der Waals surface area contributed by atoms with E-state index in [0.717, 1.165) is 6.26 Å². The van der Waals surface area contributed by atoms with Crippen molar-refractivity contribution in [1.29, 1.82) is 5.26 Å². The summed E-state index contributed by atoms with van der Waals surface area (Å²) in [4.78, 5) is 0. The maximum Gasteiger partial charge on any atom is 0.231 e. The number of benzene rings is 2. The van der Waals surface area contributed by atoms with Gasteiger partial charge in [-0.05, 0) is 36.4 Å². The first-order valence-corrected chi connectivity index (χ1v) is 9.31. The molecule has 25 heavy (non-hydrogen) atoms. The van der Waals surface area contributed by atoms with Gasteiger partial charge in [-0.25, -0.2) is 8.42 Å². The number of halogens is 1. The molecule has 128 valence electrons. The number of ether oxygens (including phenoxy) is 1. The molecule has 0 bridgehead atoms. The van der Waals surface area contributed by atoms with Crippen LogP contribution in [0.2, 0.25) is 5.02 Å². The Morgan fingerprint density at radius 2 is 2.04 bits per heavy atom. The number of fused-ring (bicyclic) bond motifs is 1. The first-order valence-electron chi connectivity index (χ1n) is 7.04. The molecule has 3 rings (SSSR count). The van der Waals surface area contributed by atoms with Gasteiger partial charge in [0.05, 0.1) is 23.3 Å². The van der Waals surface area contributed by atoms with Crippen LogP contribution in [-0.4, -0.2) is 19.8 Å². The van der Waals surface area contributed by atoms with Crippen LogP contribution in [-0.2, 0) is 16.6 Å². The largest absolute Gasteiger partial charge is 0.489 e. The van der Waals surface area contributed by atoms with Crippen molar-refractivity contribution in [3.05, 3.63) is 52.5 Å². The Kier molecular flexibility index (Phi) is 4.53. The highest BCUT2D eigenvalue weighted by molar-refractivity contribution is 7.92. The summed E-state index contributed by atoms with van der Waals surface area (Å²) in [7, 11) is -3.51. The summed E-state index contributed by atoms with van der Waals surface area (Å²) in [5, 5.41) is 14.1. The molecule has 0 aliphatic carbocycles. The summed E-state index contributed by atoms with van der Waals surface area (Å²) in [5.41, 5.74) is 1.27. The smallest absolute Gasteiger partial charge is 0.231 e. The summed E-state index contributed by atoms with van der Waals surface area (Å²) in [6.07, 6.45) is 1.01. The molecule has 0 fully saturated rings. The van der Waals surface area contributed by atoms with Gasteiger partial charge in [-0.2, -0.15) is 5.26 Å². The first-order chi connectivity index (χ1) is 11.9. The van der Waals surface area contributed by atoms with Gasteiger partial charge in [-0.1, -0.05) is 16.8 Å². The molecule has 0 saturated heterocycles. The van der Waals surface area contributed by atoms with E-state index >= 15 is 0 Å². The zero-order valence-corrected chi connectivity index (χ0v) is 14.6. The van der Waals surface area contributed by atoms with Crippen LogP contribution >= 0.6 is 11.6 Å². The van der Waals surface area contributed by atoms with E-state index in [2.05, 4.69) is 15.9 Å². The molecule has 0 amide bonds. The maximum atomic E-state index is 11.4. The van der Waals surface area contributed by atoms with Gasteiger partial charge in [0, 0.05) is 10.6 Å². The van der Waals surface area contributed by atoms with Crippen molar-refractivity contribution >= 4 is 38.4 Å². The molecular weight excluding hydrogens is 366 g/mol. The molecule has 1 aromatic heterocycles. The summed E-state index contributed by atoms with van der Waals surface area (Å²) in [5.74, 6) is 0.643. The van der Waals surface area contributed by atoms with Crippen molar-refractivity contribution in [1.82, 2.24) is 5.16 Å². The van der Waals surface area contributed by atoms with Crippen LogP contribution in [0.15, 0.2) is 40.9 Å². The predicted molar refractivity (Wildman–Crippen MR) is 93.0 cm³/mol. The summed E-state index contributed by atoms with van der Waals surface area (Å²) in [6.45, 7) is 0.135. The Hall–Kier alpha value is -2.76. The minimum absolute atomic E-state index is 0.0409. The number of nitriles is 1. The lowest BCUT2D eigenvalue weighted by Crippen LogP contribution is -2.09. The maximum absolute atomic E-state index is 11.4. The van der Waals surface area contributed by atoms with Crippen LogP contribution in [0.25, 0.3) is 11.0 Å². The fourth-order valence-electron chi connectivity index (χ4n) is 2.19. The number of anilines is 1. The van der Waals surface area contributed by atoms with E-state index in [1.54, 1.807) is 30.3 Å². The molecule has 9 heteroatoms. The van der Waals surface area contributed by atoms with Gasteiger partial charge < -0.3 is 9.26 Å². The molecule has 1 N–H and O–H groups in total. The summed E-state index contributed by atoms with van der Waals surface area (Å²) < 4.78 is 35.8. The molecular formula is C16H12ClN3O4S. The fourth-order valence-corrected chi connectivity index (χ4v) is 2.82. The number of rotatable bonds is 5. The van der Waals surface area contributed by atoms with Crippen molar-refractivity contribution < 1.29 is 17.7 Å². The number of nitrogens with one attached hydrogen (secondary N) is 1. The molecule has 0 radical (unpaired) electrons. The SMILES string of the molecule is CS(=O)(=O)Nc1noc2cc(COc3ccc(Cl)cc3)c(C#N)cc12. The van der Waals surface area contributed by atoms with E-state index in [1.807, 2.05) is 0 Å². The topological polar surface area (TPSA) is 105 Å². The van der Waals surface area contributed by atoms with Crippen molar-refractivity contribution in [3.8, 4) is 11.8 Å². The second-order valence-electron chi connectivity index (χ2n) is 5.27. The summed E-state index contributed by atoms with van der Waals surface area (Å²) >= 11 is 5.82. The second-order valence-corrected chi connectivity index (χ2v) is 7.45. The van der Waals surface area contributed by atoms with E-state index in [9.17, 15) is 13.7 Å². The number of hydrogen-bond acceptors (Lipinski definition) is 6. The van der Waals surface area contributed by atoms with Gasteiger partial charge in [0.15, 0.2) is 11.4 Å². The minimum atomic E-state index is -3.51. The molecule has 0 spiro atoms. The van der Waals surface area contributed by atoms with Gasteiger partial charge in [-0.15, -0.1) is 0 Å². The van der Waals surface area contributed by atoms with E-state index in [4.69, 9.17) is 20.9 Å². The van der Waals surface area contributed by atoms with Crippen molar-refractivity contribution in [2.45, 2.75) is 6.61 Å². The highest BCUT2D eigenvalue weighted by Gasteiger charge is 2.15. The normalized spacial score (nSPS) is 11.2. The lowest BCUT2D eigenvalue weighted by molar-refractivity contribution is 0.306. The van der Waals surface area contributed by atoms with E-state index in [0.29, 0.717) is 32.9 Å². The highest BCUT2D eigenvalue weighted by Crippen LogP contribution is 2.28. The molecule has 2 aromatic carbocycles. The number of hydrogen-bond donors (Lipinski definition) is 1. The van der Waals surface area contributed by atoms with Crippen LogP contribution in [0.5, 0.6) is 5.75 Å². The number of sulfonamides is 1. The molecule has 0 aliphatic rings. The zero-order chi connectivity index (χ0) is 18.0. The van der Waals surface area contributed by atoms with Crippen LogP contribution in [0.1, 0.15) is 11.1 Å². The van der Waals surface area contributed by atoms with E-state index < -0.39 is 10.0 Å². The molecule has 0 aliphatic heterocycles. The van der Waals surface area contributed by atoms with E-state index in [1.165, 1.54) is 6.07 Å². The minimum Gasteiger partial charge on any atom is -0.489 e. The Morgan fingerprint density at radius 3 is 2.68 bits per heavy atom. The van der Waals surface area contributed by atoms with Crippen molar-refractivity contribution in [3.63, 3.8) is 0 Å². The molecule has 0 saturated carbocycles. The summed E-state index contributed by atoms with van der Waals surface area (Å²) in [6, 6.07) is 12.0. The van der Waals surface area contributed by atoms with Crippen LogP contribution in [0, 0.1) is 11.3 Å². The van der Waals surface area contributed by atoms with Crippen molar-refractivity contribution in [2.75, 3.05) is 11.0 Å². The Morgan fingerprint density at radius 1 is 1.32 bits per heavy atom. The first kappa shape index (κ1) is 17.1. The highest BCUT2D eigenvalue weighted by atomic mass is 35.5. The lowest BCUT2D eigenvalue weighted by atomic mass is 10.1. The van der Waals surface area contributed by atoms with Crippen LogP contribution in [0.4, 0.5) is 5.82 Å². The monoisotopic (exact) mass is 377 g/mol. The van der Waals surface area contributed by atoms with Crippen LogP contribution in [0.3, 0.4) is 0 Å². The Balaban J connectivity index is 1.91. The third-order valence-corrected chi connectivity index (χ3v) is 4.12.